The number of fused-ring (bicyclic) bond motifs is 1. The fourth-order valence-corrected chi connectivity index (χ4v) is 4.00. The molecule has 1 saturated carbocycles. The summed E-state index contributed by atoms with van der Waals surface area (Å²) in [7, 11) is 0. The van der Waals surface area contributed by atoms with E-state index in [1.165, 1.54) is 31.7 Å². The predicted molar refractivity (Wildman–Crippen MR) is 80.4 cm³/mol. The molecule has 4 heteroatoms. The number of benzene rings is 1. The van der Waals surface area contributed by atoms with E-state index in [2.05, 4.69) is 5.32 Å². The quantitative estimate of drug-likeness (QED) is 0.832. The van der Waals surface area contributed by atoms with Gasteiger partial charge in [-0.05, 0) is 49.4 Å². The van der Waals surface area contributed by atoms with Crippen molar-refractivity contribution < 1.29 is 4.39 Å². The molecule has 102 valence electrons. The van der Waals surface area contributed by atoms with Gasteiger partial charge in [0.05, 0.1) is 6.04 Å². The molecule has 0 bridgehead atoms. The van der Waals surface area contributed by atoms with Crippen molar-refractivity contribution in [2.45, 2.75) is 38.6 Å². The molecule has 3 rings (SSSR count). The van der Waals surface area contributed by atoms with Crippen molar-refractivity contribution in [2.75, 3.05) is 11.1 Å². The minimum atomic E-state index is -0.156. The maximum absolute atomic E-state index is 13.2. The van der Waals surface area contributed by atoms with E-state index in [1.807, 2.05) is 6.07 Å². The number of thioether (sulfide) groups is 1. The Hall–Kier alpha value is -1.03. The van der Waals surface area contributed by atoms with E-state index in [0.717, 1.165) is 22.5 Å². The Labute approximate surface area is 117 Å². The summed E-state index contributed by atoms with van der Waals surface area (Å²) in [5.74, 6) is 1.77. The summed E-state index contributed by atoms with van der Waals surface area (Å²) in [5, 5.41) is 4.32. The van der Waals surface area contributed by atoms with Gasteiger partial charge in [-0.1, -0.05) is 24.6 Å². The van der Waals surface area contributed by atoms with Gasteiger partial charge in [0.1, 0.15) is 5.82 Å². The number of aryl methyl sites for hydroxylation is 1. The first kappa shape index (κ1) is 13.0. The average Bonchev–Trinajstić information content (AvgIpc) is 2.43. The summed E-state index contributed by atoms with van der Waals surface area (Å²) >= 11 is 1.80. The maximum Gasteiger partial charge on any atom is 0.161 e. The number of aliphatic imine (C=N–C) groups is 1. The van der Waals surface area contributed by atoms with E-state index < -0.39 is 0 Å². The van der Waals surface area contributed by atoms with E-state index in [9.17, 15) is 4.39 Å². The Kier molecular flexibility index (Phi) is 3.78. The van der Waals surface area contributed by atoms with Crippen LogP contribution in [0.15, 0.2) is 23.2 Å². The van der Waals surface area contributed by atoms with E-state index in [0.29, 0.717) is 11.6 Å². The summed E-state index contributed by atoms with van der Waals surface area (Å²) in [6.45, 7) is 1.79. The lowest BCUT2D eigenvalue weighted by Crippen LogP contribution is -2.31. The first-order chi connectivity index (χ1) is 9.22. The number of rotatable bonds is 1. The second-order valence-corrected chi connectivity index (χ2v) is 6.45. The molecule has 1 heterocycles. The third-order valence-corrected chi connectivity index (χ3v) is 5.07. The van der Waals surface area contributed by atoms with Crippen LogP contribution in [0, 0.1) is 18.7 Å². The summed E-state index contributed by atoms with van der Waals surface area (Å²) in [4.78, 5) is 4.83. The van der Waals surface area contributed by atoms with Crippen molar-refractivity contribution >= 4 is 22.6 Å². The molecule has 0 spiro atoms. The monoisotopic (exact) mass is 278 g/mol. The third kappa shape index (κ3) is 2.94. The smallest absolute Gasteiger partial charge is 0.161 e. The van der Waals surface area contributed by atoms with Crippen molar-refractivity contribution in [1.82, 2.24) is 0 Å². The second-order valence-electron chi connectivity index (χ2n) is 5.45. The van der Waals surface area contributed by atoms with Crippen LogP contribution in [0.25, 0.3) is 0 Å². The van der Waals surface area contributed by atoms with Gasteiger partial charge in [-0.15, -0.1) is 0 Å². The average molecular weight is 278 g/mol. The van der Waals surface area contributed by atoms with Gasteiger partial charge >= 0.3 is 0 Å². The first-order valence-electron chi connectivity index (χ1n) is 6.96. The van der Waals surface area contributed by atoms with Crippen molar-refractivity contribution in [2.24, 2.45) is 10.9 Å². The number of hydrogen-bond acceptors (Lipinski definition) is 3. The van der Waals surface area contributed by atoms with Gasteiger partial charge in [0, 0.05) is 11.4 Å². The Morgan fingerprint density at radius 3 is 3.00 bits per heavy atom. The predicted octanol–water partition coefficient (Wildman–Crippen LogP) is 4.21. The molecule has 1 aromatic rings. The molecule has 2 aliphatic rings. The topological polar surface area (TPSA) is 24.4 Å². The summed E-state index contributed by atoms with van der Waals surface area (Å²) in [5.41, 5.74) is 1.60. The molecule has 1 aliphatic heterocycles. The Morgan fingerprint density at radius 2 is 2.16 bits per heavy atom. The summed E-state index contributed by atoms with van der Waals surface area (Å²) in [6, 6.07) is 5.62. The zero-order valence-corrected chi connectivity index (χ0v) is 12.0. The zero-order valence-electron chi connectivity index (χ0n) is 11.2. The van der Waals surface area contributed by atoms with Gasteiger partial charge in [0.25, 0.3) is 0 Å². The summed E-state index contributed by atoms with van der Waals surface area (Å²) in [6.07, 6.45) is 5.21. The maximum atomic E-state index is 13.2. The van der Waals surface area contributed by atoms with Crippen LogP contribution in [0.1, 0.15) is 31.2 Å². The van der Waals surface area contributed by atoms with E-state index in [-0.39, 0.29) is 5.82 Å². The molecule has 19 heavy (non-hydrogen) atoms. The highest BCUT2D eigenvalue weighted by Gasteiger charge is 2.29. The normalized spacial score (nSPS) is 26.5. The number of nitrogens with one attached hydrogen (secondary N) is 1. The lowest BCUT2D eigenvalue weighted by Gasteiger charge is -2.32. The second kappa shape index (κ2) is 5.53. The standard InChI is InChI=1S/C15H19FN2S/c1-10-8-12(6-7-13(10)16)17-15-18-14-5-3-2-4-11(14)9-19-15/h6-8,11,14H,2-5,9H2,1H3,(H,17,18). The molecule has 0 amide bonds. The van der Waals surface area contributed by atoms with Crippen molar-refractivity contribution in [3.63, 3.8) is 0 Å². The van der Waals surface area contributed by atoms with Crippen LogP contribution < -0.4 is 5.32 Å². The van der Waals surface area contributed by atoms with Gasteiger partial charge < -0.3 is 5.32 Å². The molecule has 0 saturated heterocycles. The molecular formula is C15H19FN2S. The fourth-order valence-electron chi connectivity index (χ4n) is 2.84. The zero-order chi connectivity index (χ0) is 13.2. The van der Waals surface area contributed by atoms with Gasteiger partial charge in [0.15, 0.2) is 5.17 Å². The highest BCUT2D eigenvalue weighted by Crippen LogP contribution is 2.34. The van der Waals surface area contributed by atoms with Crippen molar-refractivity contribution in [3.8, 4) is 0 Å². The van der Waals surface area contributed by atoms with E-state index >= 15 is 0 Å². The molecule has 1 aromatic carbocycles. The number of anilines is 1. The first-order valence-corrected chi connectivity index (χ1v) is 7.95. The lowest BCUT2D eigenvalue weighted by molar-refractivity contribution is 0.336. The Morgan fingerprint density at radius 1 is 1.32 bits per heavy atom. The minimum absolute atomic E-state index is 0.156. The fraction of sp³-hybridized carbons (Fsp3) is 0.533. The highest BCUT2D eigenvalue weighted by molar-refractivity contribution is 8.14. The molecule has 2 atom stereocenters. The summed E-state index contributed by atoms with van der Waals surface area (Å²) < 4.78 is 13.2. The highest BCUT2D eigenvalue weighted by atomic mass is 32.2. The molecule has 0 aromatic heterocycles. The Balaban J connectivity index is 1.72. The molecular weight excluding hydrogens is 259 g/mol. The molecule has 1 fully saturated rings. The Bertz CT molecular complexity index is 501. The number of nitrogens with zero attached hydrogens (tertiary/aromatic N) is 1. The molecule has 1 N–H and O–H groups in total. The molecule has 2 nitrogen and oxygen atoms in total. The number of hydrogen-bond donors (Lipinski definition) is 1. The molecule has 2 unspecified atom stereocenters. The lowest BCUT2D eigenvalue weighted by atomic mass is 9.86. The molecule has 0 radical (unpaired) electrons. The van der Waals surface area contributed by atoms with Gasteiger partial charge in [-0.25, -0.2) is 4.39 Å². The third-order valence-electron chi connectivity index (χ3n) is 4.00. The van der Waals surface area contributed by atoms with Crippen LogP contribution in [0.2, 0.25) is 0 Å². The SMILES string of the molecule is Cc1cc(NC2=NC3CCCCC3CS2)ccc1F. The van der Waals surface area contributed by atoms with E-state index in [1.54, 1.807) is 24.8 Å². The van der Waals surface area contributed by atoms with Gasteiger partial charge in [-0.3, -0.25) is 4.99 Å². The van der Waals surface area contributed by atoms with Crippen LogP contribution in [0.5, 0.6) is 0 Å². The van der Waals surface area contributed by atoms with Crippen LogP contribution in [-0.4, -0.2) is 17.0 Å². The van der Waals surface area contributed by atoms with Crippen LogP contribution in [0.4, 0.5) is 10.1 Å². The number of amidine groups is 1. The molecule has 1 aliphatic carbocycles. The van der Waals surface area contributed by atoms with Gasteiger partial charge in [-0.2, -0.15) is 0 Å². The van der Waals surface area contributed by atoms with Crippen molar-refractivity contribution in [1.29, 1.82) is 0 Å². The number of halogens is 1. The minimum Gasteiger partial charge on any atom is -0.335 e. The van der Waals surface area contributed by atoms with Crippen molar-refractivity contribution in [3.05, 3.63) is 29.6 Å². The van der Waals surface area contributed by atoms with Crippen LogP contribution in [0.3, 0.4) is 0 Å². The van der Waals surface area contributed by atoms with E-state index in [4.69, 9.17) is 4.99 Å². The van der Waals surface area contributed by atoms with Crippen LogP contribution in [-0.2, 0) is 0 Å². The van der Waals surface area contributed by atoms with Gasteiger partial charge in [0.2, 0.25) is 0 Å². The largest absolute Gasteiger partial charge is 0.335 e. The van der Waals surface area contributed by atoms with Crippen LogP contribution >= 0.6 is 11.8 Å².